The number of nitrogens with zero attached hydrogens (tertiary/aromatic N) is 1. The van der Waals surface area contributed by atoms with Crippen molar-refractivity contribution in [2.75, 3.05) is 0 Å². The van der Waals surface area contributed by atoms with Gasteiger partial charge in [-0.2, -0.15) is 5.10 Å². The summed E-state index contributed by atoms with van der Waals surface area (Å²) in [7, 11) is 0. The number of amides is 1. The van der Waals surface area contributed by atoms with Crippen LogP contribution in [-0.4, -0.2) is 16.1 Å². The molecule has 5 heteroatoms. The number of rotatable bonds is 1. The van der Waals surface area contributed by atoms with Crippen molar-refractivity contribution in [3.63, 3.8) is 0 Å². The van der Waals surface area contributed by atoms with Gasteiger partial charge in [-0.15, -0.1) is 0 Å². The zero-order valence-electron chi connectivity index (χ0n) is 8.86. The van der Waals surface area contributed by atoms with Gasteiger partial charge in [0.2, 0.25) is 0 Å². The number of carbonyl (C=O) groups excluding carboxylic acids is 1. The highest BCUT2D eigenvalue weighted by Crippen LogP contribution is 2.37. The van der Waals surface area contributed by atoms with Crippen LogP contribution in [0.2, 0.25) is 0 Å². The van der Waals surface area contributed by atoms with Crippen LogP contribution in [0, 0.1) is 0 Å². The Balaban J connectivity index is 2.25. The lowest BCUT2D eigenvalue weighted by molar-refractivity contribution is -0.113. The lowest BCUT2D eigenvalue weighted by atomic mass is 9.96. The molecule has 4 nitrogen and oxygen atoms in total. The van der Waals surface area contributed by atoms with E-state index < -0.39 is 0 Å². The molecule has 1 aliphatic rings. The number of aromatic amines is 1. The predicted molar refractivity (Wildman–Crippen MR) is 67.1 cm³/mol. The molecule has 1 aromatic heterocycles. The van der Waals surface area contributed by atoms with E-state index in [1.165, 1.54) is 11.9 Å². The Morgan fingerprint density at radius 3 is 3.00 bits per heavy atom. The third-order valence-electron chi connectivity index (χ3n) is 2.67. The third kappa shape index (κ3) is 1.55. The predicted octanol–water partition coefficient (Wildman–Crippen LogP) is 2.23. The average Bonchev–Trinajstić information content (AvgIpc) is 2.87. The van der Waals surface area contributed by atoms with Crippen molar-refractivity contribution in [3.8, 4) is 11.1 Å². The normalized spacial score (nSPS) is 14.4. The van der Waals surface area contributed by atoms with Crippen molar-refractivity contribution >= 4 is 23.4 Å². The first-order chi connectivity index (χ1) is 8.27. The highest BCUT2D eigenvalue weighted by molar-refractivity contribution is 7.98. The standard InChI is InChI=1S/C12H9N3OS/c1-7-11-9(8-5-13-14-6-8)3-2-4-10(11)17-15-12(7)16/h2-6H,1H2,(H,13,14)(H,15,16). The van der Waals surface area contributed by atoms with Crippen LogP contribution in [0.1, 0.15) is 5.56 Å². The Kier molecular flexibility index (Phi) is 2.26. The molecule has 17 heavy (non-hydrogen) atoms. The Hall–Kier alpha value is -2.01. The maximum absolute atomic E-state index is 11.6. The van der Waals surface area contributed by atoms with Gasteiger partial charge >= 0.3 is 0 Å². The summed E-state index contributed by atoms with van der Waals surface area (Å²) in [6, 6.07) is 5.89. The number of H-pyrrole nitrogens is 1. The van der Waals surface area contributed by atoms with Gasteiger partial charge in [0.1, 0.15) is 0 Å². The SMILES string of the molecule is C=C1C(=O)NSc2cccc(-c3cn[nH]c3)c21. The molecule has 2 N–H and O–H groups in total. The van der Waals surface area contributed by atoms with Crippen LogP contribution in [0.4, 0.5) is 0 Å². The van der Waals surface area contributed by atoms with Gasteiger partial charge in [-0.25, -0.2) is 0 Å². The largest absolute Gasteiger partial charge is 0.292 e. The Labute approximate surface area is 102 Å². The molecule has 0 aliphatic carbocycles. The van der Waals surface area contributed by atoms with Gasteiger partial charge in [0.15, 0.2) is 0 Å². The Morgan fingerprint density at radius 2 is 2.24 bits per heavy atom. The van der Waals surface area contributed by atoms with E-state index in [0.29, 0.717) is 5.57 Å². The molecule has 0 radical (unpaired) electrons. The van der Waals surface area contributed by atoms with Gasteiger partial charge in [0, 0.05) is 27.8 Å². The van der Waals surface area contributed by atoms with Crippen LogP contribution < -0.4 is 4.72 Å². The van der Waals surface area contributed by atoms with E-state index in [1.54, 1.807) is 12.4 Å². The number of hydrogen-bond acceptors (Lipinski definition) is 3. The lowest BCUT2D eigenvalue weighted by Crippen LogP contribution is -2.21. The van der Waals surface area contributed by atoms with E-state index in [-0.39, 0.29) is 5.91 Å². The summed E-state index contributed by atoms with van der Waals surface area (Å²) in [5, 5.41) is 6.70. The van der Waals surface area contributed by atoms with E-state index in [9.17, 15) is 4.79 Å². The molecule has 0 atom stereocenters. The van der Waals surface area contributed by atoms with E-state index in [2.05, 4.69) is 21.5 Å². The monoisotopic (exact) mass is 243 g/mol. The van der Waals surface area contributed by atoms with Gasteiger partial charge in [0.25, 0.3) is 5.91 Å². The van der Waals surface area contributed by atoms with Gasteiger partial charge in [-0.05, 0) is 23.6 Å². The first-order valence-electron chi connectivity index (χ1n) is 5.06. The van der Waals surface area contributed by atoms with Crippen LogP contribution in [0.25, 0.3) is 16.7 Å². The van der Waals surface area contributed by atoms with Crippen molar-refractivity contribution in [3.05, 3.63) is 42.7 Å². The van der Waals surface area contributed by atoms with Gasteiger partial charge < -0.3 is 0 Å². The topological polar surface area (TPSA) is 57.8 Å². The molecule has 2 aromatic rings. The highest BCUT2D eigenvalue weighted by atomic mass is 32.2. The number of aromatic nitrogens is 2. The van der Waals surface area contributed by atoms with E-state index in [0.717, 1.165) is 21.6 Å². The fourth-order valence-corrected chi connectivity index (χ4v) is 2.65. The fourth-order valence-electron chi connectivity index (χ4n) is 1.84. The molecule has 1 amide bonds. The molecule has 0 unspecified atom stereocenters. The summed E-state index contributed by atoms with van der Waals surface area (Å²) < 4.78 is 2.72. The zero-order chi connectivity index (χ0) is 11.8. The number of fused-ring (bicyclic) bond motifs is 1. The van der Waals surface area contributed by atoms with E-state index >= 15 is 0 Å². The van der Waals surface area contributed by atoms with Gasteiger partial charge in [0.05, 0.1) is 6.20 Å². The van der Waals surface area contributed by atoms with E-state index in [1.807, 2.05) is 18.2 Å². The van der Waals surface area contributed by atoms with Crippen LogP contribution >= 0.6 is 11.9 Å². The molecule has 2 heterocycles. The summed E-state index contributed by atoms with van der Waals surface area (Å²) in [5.74, 6) is -0.140. The van der Waals surface area contributed by atoms with Crippen molar-refractivity contribution in [2.24, 2.45) is 0 Å². The second-order valence-electron chi connectivity index (χ2n) is 3.68. The maximum atomic E-state index is 11.6. The average molecular weight is 243 g/mol. The molecule has 0 saturated carbocycles. The number of hydrogen-bond donors (Lipinski definition) is 2. The molecular formula is C12H9N3OS. The Bertz CT molecular complexity index is 604. The smallest absolute Gasteiger partial charge is 0.261 e. The quantitative estimate of drug-likeness (QED) is 0.596. The molecular weight excluding hydrogens is 234 g/mol. The van der Waals surface area contributed by atoms with Crippen molar-refractivity contribution in [1.82, 2.24) is 14.9 Å². The minimum atomic E-state index is -0.140. The summed E-state index contributed by atoms with van der Waals surface area (Å²) >= 11 is 1.32. The minimum Gasteiger partial charge on any atom is -0.292 e. The highest BCUT2D eigenvalue weighted by Gasteiger charge is 2.23. The molecule has 0 spiro atoms. The molecule has 0 fully saturated rings. The van der Waals surface area contributed by atoms with Crippen LogP contribution in [0.5, 0.6) is 0 Å². The fraction of sp³-hybridized carbons (Fsp3) is 0. The second kappa shape index (κ2) is 3.78. The summed E-state index contributed by atoms with van der Waals surface area (Å²) in [6.07, 6.45) is 3.54. The first kappa shape index (κ1) is 10.2. The lowest BCUT2D eigenvalue weighted by Gasteiger charge is -2.20. The molecule has 3 rings (SSSR count). The zero-order valence-corrected chi connectivity index (χ0v) is 9.67. The van der Waals surface area contributed by atoms with Crippen molar-refractivity contribution in [2.45, 2.75) is 4.90 Å². The Morgan fingerprint density at radius 1 is 1.35 bits per heavy atom. The van der Waals surface area contributed by atoms with Crippen LogP contribution in [0.3, 0.4) is 0 Å². The second-order valence-corrected chi connectivity index (χ2v) is 4.53. The molecule has 84 valence electrons. The third-order valence-corrected chi connectivity index (χ3v) is 3.51. The summed E-state index contributed by atoms with van der Waals surface area (Å²) in [6.45, 7) is 3.85. The summed E-state index contributed by atoms with van der Waals surface area (Å²) in [4.78, 5) is 12.6. The molecule has 0 bridgehead atoms. The number of carbonyl (C=O) groups is 1. The number of nitrogens with one attached hydrogen (secondary N) is 2. The van der Waals surface area contributed by atoms with Crippen molar-refractivity contribution in [1.29, 1.82) is 0 Å². The van der Waals surface area contributed by atoms with Crippen LogP contribution in [0.15, 0.2) is 42.1 Å². The van der Waals surface area contributed by atoms with Crippen molar-refractivity contribution < 1.29 is 4.79 Å². The molecule has 1 aliphatic heterocycles. The molecule has 0 saturated heterocycles. The van der Waals surface area contributed by atoms with Gasteiger partial charge in [-0.3, -0.25) is 14.6 Å². The van der Waals surface area contributed by atoms with Crippen LogP contribution in [-0.2, 0) is 4.79 Å². The maximum Gasteiger partial charge on any atom is 0.261 e. The first-order valence-corrected chi connectivity index (χ1v) is 5.87. The minimum absolute atomic E-state index is 0.140. The van der Waals surface area contributed by atoms with Gasteiger partial charge in [-0.1, -0.05) is 18.7 Å². The van der Waals surface area contributed by atoms with E-state index in [4.69, 9.17) is 0 Å². The molecule has 1 aromatic carbocycles. The summed E-state index contributed by atoms with van der Waals surface area (Å²) in [5.41, 5.74) is 3.32. The number of benzene rings is 1.